The molecule has 0 saturated carbocycles. The molecule has 2 rings (SSSR count). The van der Waals surface area contributed by atoms with Gasteiger partial charge in [0.25, 0.3) is 0 Å². The number of rotatable bonds is 5. The van der Waals surface area contributed by atoms with Crippen molar-refractivity contribution in [3.63, 3.8) is 0 Å². The first-order valence-corrected chi connectivity index (χ1v) is 8.77. The van der Waals surface area contributed by atoms with Crippen LogP contribution in [0.4, 0.5) is 5.69 Å². The summed E-state index contributed by atoms with van der Waals surface area (Å²) >= 11 is 7.52. The molecule has 1 heterocycles. The van der Waals surface area contributed by atoms with E-state index in [0.29, 0.717) is 12.1 Å². The van der Waals surface area contributed by atoms with E-state index in [0.717, 1.165) is 5.56 Å². The van der Waals surface area contributed by atoms with Gasteiger partial charge in [-0.2, -0.15) is 11.3 Å². The second-order valence-electron chi connectivity index (χ2n) is 4.55. The molecule has 108 valence electrons. The van der Waals surface area contributed by atoms with Gasteiger partial charge in [-0.25, -0.2) is 13.1 Å². The minimum Gasteiger partial charge on any atom is -0.399 e. The molecule has 0 aliphatic rings. The molecule has 3 N–H and O–H groups in total. The van der Waals surface area contributed by atoms with Crippen molar-refractivity contribution in [2.75, 3.05) is 5.73 Å². The van der Waals surface area contributed by atoms with Crippen molar-refractivity contribution < 1.29 is 8.42 Å². The Balaban J connectivity index is 2.16. The summed E-state index contributed by atoms with van der Waals surface area (Å²) in [5.74, 6) is 0. The van der Waals surface area contributed by atoms with Crippen LogP contribution in [0.3, 0.4) is 0 Å². The van der Waals surface area contributed by atoms with E-state index in [1.807, 2.05) is 23.8 Å². The van der Waals surface area contributed by atoms with Gasteiger partial charge in [0.2, 0.25) is 10.0 Å². The van der Waals surface area contributed by atoms with E-state index in [-0.39, 0.29) is 16.0 Å². The van der Waals surface area contributed by atoms with Gasteiger partial charge in [0, 0.05) is 11.7 Å². The third-order valence-corrected chi connectivity index (χ3v) is 5.53. The maximum absolute atomic E-state index is 12.3. The largest absolute Gasteiger partial charge is 0.399 e. The van der Waals surface area contributed by atoms with Crippen molar-refractivity contribution in [1.82, 2.24) is 4.72 Å². The summed E-state index contributed by atoms with van der Waals surface area (Å²) in [5.41, 5.74) is 7.08. The van der Waals surface area contributed by atoms with Gasteiger partial charge in [0.05, 0.1) is 5.02 Å². The van der Waals surface area contributed by atoms with Gasteiger partial charge in [-0.3, -0.25) is 0 Å². The Kier molecular flexibility index (Phi) is 4.70. The van der Waals surface area contributed by atoms with Crippen molar-refractivity contribution >= 4 is 38.6 Å². The predicted molar refractivity (Wildman–Crippen MR) is 83.7 cm³/mol. The zero-order valence-corrected chi connectivity index (χ0v) is 13.2. The van der Waals surface area contributed by atoms with E-state index in [1.54, 1.807) is 17.4 Å². The average molecular weight is 331 g/mol. The third-order valence-electron chi connectivity index (χ3n) is 2.72. The second kappa shape index (κ2) is 6.13. The molecule has 20 heavy (non-hydrogen) atoms. The van der Waals surface area contributed by atoms with Crippen LogP contribution in [-0.4, -0.2) is 14.5 Å². The maximum atomic E-state index is 12.3. The fourth-order valence-electron chi connectivity index (χ4n) is 1.86. The number of hydrogen-bond donors (Lipinski definition) is 2. The van der Waals surface area contributed by atoms with Crippen molar-refractivity contribution in [2.24, 2.45) is 0 Å². The van der Waals surface area contributed by atoms with E-state index >= 15 is 0 Å². The smallest absolute Gasteiger partial charge is 0.242 e. The Labute approximate surface area is 127 Å². The highest BCUT2D eigenvalue weighted by atomic mass is 35.5. The predicted octanol–water partition coefficient (Wildman–Crippen LogP) is 2.89. The zero-order valence-electron chi connectivity index (χ0n) is 10.8. The molecule has 1 unspecified atom stereocenters. The quantitative estimate of drug-likeness (QED) is 0.828. The van der Waals surface area contributed by atoms with Crippen LogP contribution in [-0.2, 0) is 16.4 Å². The molecule has 0 bridgehead atoms. The number of benzene rings is 1. The van der Waals surface area contributed by atoms with Crippen molar-refractivity contribution in [3.8, 4) is 0 Å². The van der Waals surface area contributed by atoms with Crippen LogP contribution < -0.4 is 10.5 Å². The summed E-state index contributed by atoms with van der Waals surface area (Å²) < 4.78 is 27.2. The van der Waals surface area contributed by atoms with Gasteiger partial charge in [0.15, 0.2) is 0 Å². The molecule has 0 amide bonds. The van der Waals surface area contributed by atoms with Crippen molar-refractivity contribution in [3.05, 3.63) is 45.6 Å². The summed E-state index contributed by atoms with van der Waals surface area (Å²) in [6, 6.07) is 6.16. The topological polar surface area (TPSA) is 72.2 Å². The normalized spacial score (nSPS) is 13.3. The van der Waals surface area contributed by atoms with Crippen LogP contribution in [0.5, 0.6) is 0 Å². The average Bonchev–Trinajstić information content (AvgIpc) is 2.84. The molecule has 2 aromatic rings. The van der Waals surface area contributed by atoms with Crippen LogP contribution in [0.25, 0.3) is 0 Å². The Morgan fingerprint density at radius 2 is 2.15 bits per heavy atom. The van der Waals surface area contributed by atoms with Crippen LogP contribution >= 0.6 is 22.9 Å². The van der Waals surface area contributed by atoms with Crippen LogP contribution in [0.15, 0.2) is 39.9 Å². The lowest BCUT2D eigenvalue weighted by Crippen LogP contribution is -2.34. The van der Waals surface area contributed by atoms with Crippen LogP contribution in [0.2, 0.25) is 5.02 Å². The summed E-state index contributed by atoms with van der Waals surface area (Å²) in [4.78, 5) is 0.0105. The van der Waals surface area contributed by atoms with Gasteiger partial charge >= 0.3 is 0 Å². The first-order chi connectivity index (χ1) is 9.38. The van der Waals surface area contributed by atoms with Crippen molar-refractivity contribution in [2.45, 2.75) is 24.3 Å². The highest BCUT2D eigenvalue weighted by Gasteiger charge is 2.20. The molecule has 0 radical (unpaired) electrons. The zero-order chi connectivity index (χ0) is 14.8. The van der Waals surface area contributed by atoms with Gasteiger partial charge in [0.1, 0.15) is 4.90 Å². The SMILES string of the molecule is CC(Cc1ccsc1)NS(=O)(=O)c1cc(N)ccc1Cl. The first kappa shape index (κ1) is 15.3. The van der Waals surface area contributed by atoms with E-state index in [1.165, 1.54) is 12.1 Å². The number of nitrogen functional groups attached to an aromatic ring is 1. The lowest BCUT2D eigenvalue weighted by Gasteiger charge is -2.14. The molecule has 4 nitrogen and oxygen atoms in total. The van der Waals surface area contributed by atoms with Gasteiger partial charge in [-0.1, -0.05) is 11.6 Å². The van der Waals surface area contributed by atoms with Crippen molar-refractivity contribution in [1.29, 1.82) is 0 Å². The lowest BCUT2D eigenvalue weighted by molar-refractivity contribution is 0.560. The molecular weight excluding hydrogens is 316 g/mol. The number of halogens is 1. The molecular formula is C13H15ClN2O2S2. The second-order valence-corrected chi connectivity index (χ2v) is 7.42. The number of hydrogen-bond acceptors (Lipinski definition) is 4. The van der Waals surface area contributed by atoms with E-state index in [4.69, 9.17) is 17.3 Å². The fourth-order valence-corrected chi connectivity index (χ4v) is 4.32. The number of anilines is 1. The molecule has 0 spiro atoms. The van der Waals surface area contributed by atoms with E-state index < -0.39 is 10.0 Å². The third kappa shape index (κ3) is 3.73. The Bertz CT molecular complexity index is 684. The monoisotopic (exact) mass is 330 g/mol. The lowest BCUT2D eigenvalue weighted by atomic mass is 10.1. The maximum Gasteiger partial charge on any atom is 0.242 e. The fraction of sp³-hybridized carbons (Fsp3) is 0.231. The number of nitrogens with one attached hydrogen (secondary N) is 1. The molecule has 0 aliphatic heterocycles. The summed E-state index contributed by atoms with van der Waals surface area (Å²) in [5, 5.41) is 4.12. The molecule has 1 atom stereocenters. The van der Waals surface area contributed by atoms with Gasteiger partial charge in [-0.05, 0) is 53.9 Å². The molecule has 7 heteroatoms. The molecule has 1 aromatic carbocycles. The Morgan fingerprint density at radius 1 is 1.40 bits per heavy atom. The minimum absolute atomic E-state index is 0.0105. The standard InChI is InChI=1S/C13H15ClN2O2S2/c1-9(6-10-4-5-19-8-10)16-20(17,18)13-7-11(15)2-3-12(13)14/h2-5,7-9,16H,6,15H2,1H3. The minimum atomic E-state index is -3.67. The van der Waals surface area contributed by atoms with Crippen LogP contribution in [0, 0.1) is 0 Å². The number of thiophene rings is 1. The summed E-state index contributed by atoms with van der Waals surface area (Å²) in [6.45, 7) is 1.81. The number of sulfonamides is 1. The van der Waals surface area contributed by atoms with E-state index in [2.05, 4.69) is 4.72 Å². The van der Waals surface area contributed by atoms with E-state index in [9.17, 15) is 8.42 Å². The molecule has 0 fully saturated rings. The summed E-state index contributed by atoms with van der Waals surface area (Å²) in [7, 11) is -3.67. The Morgan fingerprint density at radius 3 is 2.80 bits per heavy atom. The highest BCUT2D eigenvalue weighted by molar-refractivity contribution is 7.89. The number of nitrogens with two attached hydrogens (primary N) is 1. The molecule has 0 aliphatic carbocycles. The van der Waals surface area contributed by atoms with Gasteiger partial charge in [-0.15, -0.1) is 0 Å². The summed E-state index contributed by atoms with van der Waals surface area (Å²) in [6.07, 6.45) is 0.628. The van der Waals surface area contributed by atoms with Gasteiger partial charge < -0.3 is 5.73 Å². The Hall–Kier alpha value is -1.08. The molecule has 1 aromatic heterocycles. The van der Waals surface area contributed by atoms with Crippen LogP contribution in [0.1, 0.15) is 12.5 Å². The first-order valence-electron chi connectivity index (χ1n) is 5.97. The molecule has 0 saturated heterocycles. The highest BCUT2D eigenvalue weighted by Crippen LogP contribution is 2.24.